The molecule has 0 radical (unpaired) electrons. The molecule has 0 fully saturated rings. The Morgan fingerprint density at radius 3 is 2.06 bits per heavy atom. The summed E-state index contributed by atoms with van der Waals surface area (Å²) in [6.07, 6.45) is 0.174. The first-order valence-corrected chi connectivity index (χ1v) is 12.7. The van der Waals surface area contributed by atoms with Crippen LogP contribution in [-0.2, 0) is 16.0 Å². The van der Waals surface area contributed by atoms with Crippen molar-refractivity contribution < 1.29 is 14.3 Å². The molecule has 2 N–H and O–H groups in total. The van der Waals surface area contributed by atoms with Crippen molar-refractivity contribution in [3.63, 3.8) is 0 Å². The van der Waals surface area contributed by atoms with E-state index in [9.17, 15) is 9.59 Å². The molecule has 0 heterocycles. The maximum atomic E-state index is 13.1. The molecule has 0 aromatic heterocycles. The number of alkyl carbamates (subject to hydrolysis) is 1. The van der Waals surface area contributed by atoms with Crippen molar-refractivity contribution in [1.29, 1.82) is 0 Å². The number of nitrogens with one attached hydrogen (secondary N) is 2. The van der Waals surface area contributed by atoms with Gasteiger partial charge in [-0.05, 0) is 0 Å². The summed E-state index contributed by atoms with van der Waals surface area (Å²) in [4.78, 5) is 25.4. The second-order valence-corrected chi connectivity index (χ2v) is 11.2. The molecule has 2 amide bonds. The van der Waals surface area contributed by atoms with Crippen LogP contribution in [0, 0.1) is 5.92 Å². The molecular weight excluding hydrogens is 455 g/mol. The van der Waals surface area contributed by atoms with E-state index in [0.717, 1.165) is 11.7 Å². The molecule has 0 saturated heterocycles. The second-order valence-electron chi connectivity index (χ2n) is 8.89. The first kappa shape index (κ1) is 25.0. The molecule has 5 nitrogen and oxygen atoms in total. The predicted octanol–water partition coefficient (Wildman–Crippen LogP) is 3.71. The van der Waals surface area contributed by atoms with E-state index in [-0.39, 0.29) is 32.8 Å². The van der Waals surface area contributed by atoms with Gasteiger partial charge in [-0.2, -0.15) is 0 Å². The van der Waals surface area contributed by atoms with Gasteiger partial charge in [0.2, 0.25) is 0 Å². The van der Waals surface area contributed by atoms with Crippen LogP contribution in [0.2, 0.25) is 5.32 Å². The number of amides is 2. The van der Waals surface area contributed by atoms with Crippen molar-refractivity contribution in [2.75, 3.05) is 0 Å². The number of carbonyl (C=O) groups excluding carboxylic acids is 2. The summed E-state index contributed by atoms with van der Waals surface area (Å²) in [5.41, 5.74) is 0.564. The number of rotatable bonds is 9. The zero-order valence-corrected chi connectivity index (χ0v) is 20.8. The van der Waals surface area contributed by atoms with Gasteiger partial charge in [-0.1, -0.05) is 0 Å². The van der Waals surface area contributed by atoms with E-state index in [0.29, 0.717) is 0 Å². The summed E-state index contributed by atoms with van der Waals surface area (Å²) in [5, 5.41) is 6.81. The van der Waals surface area contributed by atoms with Gasteiger partial charge in [-0.15, -0.1) is 0 Å². The fraction of sp³-hybridized carbons (Fsp3) is 0.440. The van der Waals surface area contributed by atoms with Gasteiger partial charge in [0.05, 0.1) is 0 Å². The molecule has 0 spiro atoms. The SMILES string of the molecule is CC(C)[C@H](NC(=O)OC(C)(C)C)C(=O)N[C@H](C[Se]c1ccccc1)Cc1ccccc1. The van der Waals surface area contributed by atoms with E-state index in [4.69, 9.17) is 4.74 Å². The fourth-order valence-electron chi connectivity index (χ4n) is 3.02. The van der Waals surface area contributed by atoms with E-state index >= 15 is 0 Å². The molecule has 168 valence electrons. The molecule has 2 aromatic rings. The van der Waals surface area contributed by atoms with Crippen LogP contribution >= 0.6 is 0 Å². The van der Waals surface area contributed by atoms with E-state index < -0.39 is 17.7 Å². The molecule has 2 atom stereocenters. The number of ether oxygens (including phenoxy) is 1. The van der Waals surface area contributed by atoms with Crippen LogP contribution in [0.25, 0.3) is 0 Å². The van der Waals surface area contributed by atoms with Crippen LogP contribution < -0.4 is 15.1 Å². The zero-order valence-electron chi connectivity index (χ0n) is 19.1. The molecule has 2 aromatic carbocycles. The van der Waals surface area contributed by atoms with E-state index in [1.807, 2.05) is 50.2 Å². The quantitative estimate of drug-likeness (QED) is 0.528. The van der Waals surface area contributed by atoms with Gasteiger partial charge in [-0.3, -0.25) is 0 Å². The van der Waals surface area contributed by atoms with Crippen molar-refractivity contribution in [1.82, 2.24) is 10.6 Å². The Hall–Kier alpha value is -2.30. The summed E-state index contributed by atoms with van der Waals surface area (Å²) in [7, 11) is 0. The van der Waals surface area contributed by atoms with Gasteiger partial charge in [0.15, 0.2) is 0 Å². The van der Waals surface area contributed by atoms with Crippen molar-refractivity contribution in [2.24, 2.45) is 5.92 Å². The van der Waals surface area contributed by atoms with Crippen molar-refractivity contribution >= 4 is 31.4 Å². The number of benzene rings is 2. The predicted molar refractivity (Wildman–Crippen MR) is 127 cm³/mol. The molecule has 0 aliphatic carbocycles. The van der Waals surface area contributed by atoms with Gasteiger partial charge in [0, 0.05) is 0 Å². The Morgan fingerprint density at radius 2 is 1.52 bits per heavy atom. The molecule has 0 bridgehead atoms. The minimum atomic E-state index is -0.655. The third-order valence-electron chi connectivity index (χ3n) is 4.49. The Bertz CT molecular complexity index is 820. The monoisotopic (exact) mass is 490 g/mol. The summed E-state index contributed by atoms with van der Waals surface area (Å²) < 4.78 is 6.65. The van der Waals surface area contributed by atoms with Crippen LogP contribution in [-0.4, -0.2) is 44.6 Å². The second kappa shape index (κ2) is 11.9. The van der Waals surface area contributed by atoms with Crippen LogP contribution in [0.15, 0.2) is 60.7 Å². The van der Waals surface area contributed by atoms with Gasteiger partial charge in [-0.25, -0.2) is 0 Å². The van der Waals surface area contributed by atoms with Crippen LogP contribution in [0.1, 0.15) is 40.2 Å². The molecular formula is C25H34N2O3Se. The van der Waals surface area contributed by atoms with Crippen molar-refractivity contribution in [3.05, 3.63) is 66.2 Å². The maximum absolute atomic E-state index is 13.1. The first-order chi connectivity index (χ1) is 14.6. The molecule has 31 heavy (non-hydrogen) atoms. The van der Waals surface area contributed by atoms with Crippen LogP contribution in [0.5, 0.6) is 0 Å². The summed E-state index contributed by atoms with van der Waals surface area (Å²) in [6, 6.07) is 19.8. The minimum absolute atomic E-state index is 0.0169. The van der Waals surface area contributed by atoms with Crippen LogP contribution in [0.4, 0.5) is 4.79 Å². The van der Waals surface area contributed by atoms with E-state index in [2.05, 4.69) is 34.9 Å². The molecule has 0 aliphatic heterocycles. The average Bonchev–Trinajstić information content (AvgIpc) is 2.70. The van der Waals surface area contributed by atoms with Crippen molar-refractivity contribution in [2.45, 2.75) is 64.0 Å². The van der Waals surface area contributed by atoms with Gasteiger partial charge < -0.3 is 0 Å². The Balaban J connectivity index is 2.08. The Kier molecular flexibility index (Phi) is 9.60. The molecule has 0 saturated carbocycles. The Morgan fingerprint density at radius 1 is 0.935 bits per heavy atom. The van der Waals surface area contributed by atoms with Crippen molar-refractivity contribution in [3.8, 4) is 0 Å². The van der Waals surface area contributed by atoms with E-state index in [1.165, 1.54) is 10.0 Å². The molecule has 2 rings (SSSR count). The molecule has 0 aliphatic rings. The zero-order chi connectivity index (χ0) is 22.9. The standard InChI is InChI=1S/C25H34N2O3Se/c1-18(2)22(27-24(29)30-25(3,4)5)23(28)26-20(16-19-12-8-6-9-13-19)17-31-21-14-10-7-11-15-21/h6-15,18,20,22H,16-17H2,1-5H3,(H,26,28)(H,27,29)/t20-,22-/m0/s1. The van der Waals surface area contributed by atoms with Gasteiger partial charge >= 0.3 is 193 Å². The third kappa shape index (κ3) is 9.58. The molecule has 0 unspecified atom stereocenters. The summed E-state index contributed by atoms with van der Waals surface area (Å²) in [6.45, 7) is 9.25. The molecule has 6 heteroatoms. The van der Waals surface area contributed by atoms with Crippen LogP contribution in [0.3, 0.4) is 0 Å². The number of carbonyl (C=O) groups is 2. The third-order valence-corrected chi connectivity index (χ3v) is 6.95. The van der Waals surface area contributed by atoms with E-state index in [1.54, 1.807) is 20.8 Å². The summed E-state index contributed by atoms with van der Waals surface area (Å²) >= 11 is 0.236. The number of hydrogen-bond acceptors (Lipinski definition) is 3. The normalized spacial score (nSPS) is 13.4. The first-order valence-electron chi connectivity index (χ1n) is 10.7. The fourth-order valence-corrected chi connectivity index (χ4v) is 5.01. The van der Waals surface area contributed by atoms with Gasteiger partial charge in [0.25, 0.3) is 0 Å². The van der Waals surface area contributed by atoms with Gasteiger partial charge in [0.1, 0.15) is 0 Å². The topological polar surface area (TPSA) is 67.4 Å². The average molecular weight is 490 g/mol. The number of hydrogen-bond donors (Lipinski definition) is 2. The summed E-state index contributed by atoms with van der Waals surface area (Å²) in [5.74, 6) is -0.241. The Labute approximate surface area is 192 Å².